The molecular formula is C21H26S. The van der Waals surface area contributed by atoms with E-state index in [1.165, 1.54) is 73.5 Å². The first kappa shape index (κ1) is 14.6. The van der Waals surface area contributed by atoms with E-state index in [0.29, 0.717) is 0 Å². The highest BCUT2D eigenvalue weighted by molar-refractivity contribution is 7.99. The van der Waals surface area contributed by atoms with E-state index in [4.69, 9.17) is 0 Å². The lowest BCUT2D eigenvalue weighted by Crippen LogP contribution is -2.09. The maximum absolute atomic E-state index is 2.44. The normalized spacial score (nSPS) is 23.2. The van der Waals surface area contributed by atoms with Crippen molar-refractivity contribution in [3.63, 3.8) is 0 Å². The van der Waals surface area contributed by atoms with Gasteiger partial charge in [0.2, 0.25) is 0 Å². The molecule has 2 aromatic carbocycles. The van der Waals surface area contributed by atoms with E-state index in [9.17, 15) is 0 Å². The van der Waals surface area contributed by atoms with Crippen LogP contribution in [-0.2, 0) is 6.42 Å². The smallest absolute Gasteiger partial charge is 0.0297 e. The summed E-state index contributed by atoms with van der Waals surface area (Å²) in [5.74, 6) is 2.27. The maximum Gasteiger partial charge on any atom is 0.0297 e. The Morgan fingerprint density at radius 2 is 1.64 bits per heavy atom. The minimum absolute atomic E-state index is 0.742. The molecule has 1 heterocycles. The molecule has 0 aromatic heterocycles. The first-order chi connectivity index (χ1) is 10.9. The summed E-state index contributed by atoms with van der Waals surface area (Å²) in [4.78, 5) is 0. The Hall–Kier alpha value is -0.950. The maximum atomic E-state index is 2.44. The Morgan fingerprint density at radius 1 is 0.818 bits per heavy atom. The first-order valence-corrected chi connectivity index (χ1v) is 10.1. The second kappa shape index (κ2) is 6.66. The zero-order valence-corrected chi connectivity index (χ0v) is 14.2. The van der Waals surface area contributed by atoms with E-state index in [-0.39, 0.29) is 0 Å². The van der Waals surface area contributed by atoms with Gasteiger partial charge in [0.15, 0.2) is 0 Å². The van der Waals surface area contributed by atoms with Crippen LogP contribution in [0.3, 0.4) is 0 Å². The van der Waals surface area contributed by atoms with Gasteiger partial charge in [0.25, 0.3) is 0 Å². The third kappa shape index (κ3) is 3.20. The average Bonchev–Trinajstić information content (AvgIpc) is 3.10. The minimum Gasteiger partial charge on any atom is -0.154 e. The van der Waals surface area contributed by atoms with Crippen molar-refractivity contribution in [3.8, 4) is 0 Å². The molecule has 1 saturated heterocycles. The number of hydrogen-bond donors (Lipinski definition) is 0. The fraction of sp³-hybridized carbons (Fsp3) is 0.524. The van der Waals surface area contributed by atoms with Crippen LogP contribution in [0.1, 0.15) is 61.3 Å². The summed E-state index contributed by atoms with van der Waals surface area (Å²) in [6.07, 6.45) is 11.3. The predicted octanol–water partition coefficient (Wildman–Crippen LogP) is 6.53. The predicted molar refractivity (Wildman–Crippen MR) is 98.7 cm³/mol. The van der Waals surface area contributed by atoms with Crippen LogP contribution in [0.15, 0.2) is 36.4 Å². The Morgan fingerprint density at radius 3 is 2.45 bits per heavy atom. The van der Waals surface area contributed by atoms with E-state index in [0.717, 1.165) is 11.2 Å². The SMILES string of the molecule is c1cc2cc(C3CCCS3)ccc2cc1CC1CCCCC1. The van der Waals surface area contributed by atoms with Crippen LogP contribution >= 0.6 is 11.8 Å². The molecule has 1 aliphatic carbocycles. The van der Waals surface area contributed by atoms with Crippen LogP contribution in [0, 0.1) is 5.92 Å². The largest absolute Gasteiger partial charge is 0.154 e. The van der Waals surface area contributed by atoms with Crippen LogP contribution < -0.4 is 0 Å². The van der Waals surface area contributed by atoms with Gasteiger partial charge >= 0.3 is 0 Å². The van der Waals surface area contributed by atoms with Crippen LogP contribution in [0.5, 0.6) is 0 Å². The lowest BCUT2D eigenvalue weighted by atomic mass is 9.84. The number of benzene rings is 2. The quantitative estimate of drug-likeness (QED) is 0.621. The summed E-state index contributed by atoms with van der Waals surface area (Å²) in [6, 6.07) is 14.3. The van der Waals surface area contributed by atoms with Crippen LogP contribution in [0.2, 0.25) is 0 Å². The van der Waals surface area contributed by atoms with Crippen molar-refractivity contribution >= 4 is 22.5 Å². The molecule has 0 spiro atoms. The summed E-state index contributed by atoms with van der Waals surface area (Å²) in [7, 11) is 0. The minimum atomic E-state index is 0.742. The third-order valence-corrected chi connectivity index (χ3v) is 6.91. The molecule has 1 atom stereocenters. The van der Waals surface area contributed by atoms with Crippen molar-refractivity contribution in [2.75, 3.05) is 5.75 Å². The van der Waals surface area contributed by atoms with E-state index >= 15 is 0 Å². The van der Waals surface area contributed by atoms with E-state index in [1.54, 1.807) is 5.56 Å². The topological polar surface area (TPSA) is 0 Å². The highest BCUT2D eigenvalue weighted by atomic mass is 32.2. The van der Waals surface area contributed by atoms with Crippen LogP contribution in [0.4, 0.5) is 0 Å². The van der Waals surface area contributed by atoms with Gasteiger partial charge in [-0.05, 0) is 52.8 Å². The fourth-order valence-electron chi connectivity index (χ4n) is 4.21. The molecule has 0 radical (unpaired) electrons. The number of hydrogen-bond acceptors (Lipinski definition) is 1. The standard InChI is InChI=1S/C21H26S/c1-2-5-16(6-3-1)13-17-8-9-19-15-20(11-10-18(19)14-17)21-7-4-12-22-21/h8-11,14-16,21H,1-7,12-13H2. The Balaban J connectivity index is 1.54. The van der Waals surface area contributed by atoms with Gasteiger partial charge in [-0.1, -0.05) is 68.5 Å². The molecule has 22 heavy (non-hydrogen) atoms. The zero-order valence-electron chi connectivity index (χ0n) is 13.4. The lowest BCUT2D eigenvalue weighted by molar-refractivity contribution is 0.357. The molecule has 1 saturated carbocycles. The molecule has 116 valence electrons. The number of fused-ring (bicyclic) bond motifs is 1. The molecule has 1 heteroatoms. The molecule has 1 aliphatic heterocycles. The third-order valence-electron chi connectivity index (χ3n) is 5.48. The molecule has 2 aromatic rings. The van der Waals surface area contributed by atoms with Gasteiger partial charge in [-0.15, -0.1) is 0 Å². The van der Waals surface area contributed by atoms with E-state index in [2.05, 4.69) is 48.2 Å². The number of rotatable bonds is 3. The van der Waals surface area contributed by atoms with Gasteiger partial charge in [-0.25, -0.2) is 0 Å². The van der Waals surface area contributed by atoms with Gasteiger partial charge < -0.3 is 0 Å². The summed E-state index contributed by atoms with van der Waals surface area (Å²) in [5.41, 5.74) is 3.08. The summed E-state index contributed by atoms with van der Waals surface area (Å²) < 4.78 is 0. The van der Waals surface area contributed by atoms with Crippen molar-refractivity contribution in [1.29, 1.82) is 0 Å². The fourth-order valence-corrected chi connectivity index (χ4v) is 5.50. The van der Waals surface area contributed by atoms with Crippen LogP contribution in [-0.4, -0.2) is 5.75 Å². The highest BCUT2D eigenvalue weighted by Crippen LogP contribution is 2.40. The second-order valence-electron chi connectivity index (χ2n) is 7.15. The molecule has 0 nitrogen and oxygen atoms in total. The van der Waals surface area contributed by atoms with Crippen molar-refractivity contribution < 1.29 is 0 Å². The van der Waals surface area contributed by atoms with Crippen molar-refractivity contribution in [2.45, 2.75) is 56.6 Å². The van der Waals surface area contributed by atoms with Crippen LogP contribution in [0.25, 0.3) is 10.8 Å². The molecule has 2 fully saturated rings. The van der Waals surface area contributed by atoms with Crippen molar-refractivity contribution in [2.24, 2.45) is 5.92 Å². The molecule has 4 rings (SSSR count). The van der Waals surface area contributed by atoms with Crippen molar-refractivity contribution in [3.05, 3.63) is 47.5 Å². The lowest BCUT2D eigenvalue weighted by Gasteiger charge is -2.21. The van der Waals surface area contributed by atoms with E-state index < -0.39 is 0 Å². The van der Waals surface area contributed by atoms with Gasteiger partial charge in [0.1, 0.15) is 0 Å². The van der Waals surface area contributed by atoms with Gasteiger partial charge in [0, 0.05) is 5.25 Å². The molecular weight excluding hydrogens is 284 g/mol. The Labute approximate surface area is 138 Å². The zero-order chi connectivity index (χ0) is 14.8. The molecule has 0 N–H and O–H groups in total. The first-order valence-electron chi connectivity index (χ1n) is 9.03. The molecule has 2 aliphatic rings. The molecule has 0 bridgehead atoms. The molecule has 0 amide bonds. The summed E-state index contributed by atoms with van der Waals surface area (Å²) in [6.45, 7) is 0. The second-order valence-corrected chi connectivity index (χ2v) is 8.46. The Kier molecular flexibility index (Phi) is 4.43. The summed E-state index contributed by atoms with van der Waals surface area (Å²) >= 11 is 2.13. The van der Waals surface area contributed by atoms with Gasteiger partial charge in [-0.2, -0.15) is 11.8 Å². The number of thioether (sulfide) groups is 1. The molecule has 1 unspecified atom stereocenters. The van der Waals surface area contributed by atoms with Gasteiger partial charge in [-0.3, -0.25) is 0 Å². The Bertz CT molecular complexity index is 633. The summed E-state index contributed by atoms with van der Waals surface area (Å²) in [5, 5.41) is 3.60. The van der Waals surface area contributed by atoms with E-state index in [1.807, 2.05) is 0 Å². The van der Waals surface area contributed by atoms with Gasteiger partial charge in [0.05, 0.1) is 0 Å². The highest BCUT2D eigenvalue weighted by Gasteiger charge is 2.18. The average molecular weight is 311 g/mol. The monoisotopic (exact) mass is 310 g/mol. The van der Waals surface area contributed by atoms with Crippen molar-refractivity contribution in [1.82, 2.24) is 0 Å².